The Morgan fingerprint density at radius 3 is 2.57 bits per heavy atom. The van der Waals surface area contributed by atoms with Gasteiger partial charge in [0.05, 0.1) is 10.5 Å². The molecule has 3 N–H and O–H groups in total. The van der Waals surface area contributed by atoms with Gasteiger partial charge in [0, 0.05) is 0 Å². The van der Waals surface area contributed by atoms with E-state index in [0.717, 1.165) is 0 Å². The molecule has 0 saturated carbocycles. The zero-order valence-electron chi connectivity index (χ0n) is 7.35. The van der Waals surface area contributed by atoms with E-state index >= 15 is 0 Å². The van der Waals surface area contributed by atoms with E-state index in [1.807, 2.05) is 0 Å². The summed E-state index contributed by atoms with van der Waals surface area (Å²) >= 11 is 0. The number of hydrogen-bond acceptors (Lipinski definition) is 5. The van der Waals surface area contributed by atoms with Gasteiger partial charge in [-0.1, -0.05) is 0 Å². The van der Waals surface area contributed by atoms with Crippen molar-refractivity contribution in [1.82, 2.24) is 0 Å². The lowest BCUT2D eigenvalue weighted by Crippen LogP contribution is -2.00. The Balaban J connectivity index is 3.49. The maximum absolute atomic E-state index is 10.9. The topological polar surface area (TPSA) is 106 Å². The van der Waals surface area contributed by atoms with Gasteiger partial charge in [-0.05, 0) is 19.1 Å². The molecule has 0 fully saturated rings. The summed E-state index contributed by atoms with van der Waals surface area (Å²) in [5.41, 5.74) is 4.38. The van der Waals surface area contributed by atoms with Crippen molar-refractivity contribution in [2.45, 2.75) is 6.92 Å². The molecule has 0 spiro atoms. The number of phenolic OH excluding ortho intramolecular Hbond substituents is 1. The maximum Gasteiger partial charge on any atom is 0.334 e. The number of ketones is 1. The monoisotopic (exact) mass is 196 g/mol. The molecule has 14 heavy (non-hydrogen) atoms. The molecule has 0 unspecified atom stereocenters. The van der Waals surface area contributed by atoms with E-state index in [4.69, 9.17) is 5.73 Å². The first-order chi connectivity index (χ1) is 6.45. The molecule has 6 nitrogen and oxygen atoms in total. The maximum atomic E-state index is 10.9. The van der Waals surface area contributed by atoms with Crippen LogP contribution in [0.1, 0.15) is 17.3 Å². The SMILES string of the molecule is CC(=O)c1ccc(N)c([N+](=O)[O-])c1O. The number of nitrogens with two attached hydrogens (primary N) is 1. The number of aromatic hydroxyl groups is 1. The van der Waals surface area contributed by atoms with Crippen LogP contribution in [0.3, 0.4) is 0 Å². The van der Waals surface area contributed by atoms with Crippen LogP contribution in [0.15, 0.2) is 12.1 Å². The number of Topliss-reactive ketones (excluding diaryl/α,β-unsaturated/α-hetero) is 1. The molecule has 0 saturated heterocycles. The average Bonchev–Trinajstić information content (AvgIpc) is 2.02. The lowest BCUT2D eigenvalue weighted by molar-refractivity contribution is -0.384. The minimum Gasteiger partial charge on any atom is -0.502 e. The van der Waals surface area contributed by atoms with E-state index in [2.05, 4.69) is 0 Å². The van der Waals surface area contributed by atoms with Crippen molar-refractivity contribution >= 4 is 17.2 Å². The van der Waals surface area contributed by atoms with E-state index in [9.17, 15) is 20.0 Å². The molecule has 0 bridgehead atoms. The fourth-order valence-corrected chi connectivity index (χ4v) is 1.07. The lowest BCUT2D eigenvalue weighted by atomic mass is 10.1. The lowest BCUT2D eigenvalue weighted by Gasteiger charge is -2.03. The molecule has 0 aliphatic carbocycles. The zero-order valence-corrected chi connectivity index (χ0v) is 7.35. The highest BCUT2D eigenvalue weighted by Gasteiger charge is 2.22. The number of rotatable bonds is 2. The fourth-order valence-electron chi connectivity index (χ4n) is 1.07. The molecule has 0 amide bonds. The van der Waals surface area contributed by atoms with E-state index in [1.165, 1.54) is 19.1 Å². The number of benzene rings is 1. The molecule has 0 radical (unpaired) electrons. The van der Waals surface area contributed by atoms with Gasteiger partial charge in [0.25, 0.3) is 0 Å². The van der Waals surface area contributed by atoms with Crippen molar-refractivity contribution in [1.29, 1.82) is 0 Å². The second-order valence-electron chi connectivity index (χ2n) is 2.71. The molecule has 1 rings (SSSR count). The second kappa shape index (κ2) is 3.33. The van der Waals surface area contributed by atoms with Crippen molar-refractivity contribution in [2.24, 2.45) is 0 Å². The number of hydrogen-bond donors (Lipinski definition) is 2. The van der Waals surface area contributed by atoms with Gasteiger partial charge >= 0.3 is 5.69 Å². The van der Waals surface area contributed by atoms with Crippen LogP contribution in [0.4, 0.5) is 11.4 Å². The van der Waals surface area contributed by atoms with Crippen molar-refractivity contribution < 1.29 is 14.8 Å². The summed E-state index contributed by atoms with van der Waals surface area (Å²) in [4.78, 5) is 20.6. The van der Waals surface area contributed by atoms with E-state index in [-0.39, 0.29) is 11.3 Å². The molecule has 1 aromatic rings. The molecule has 6 heteroatoms. The first-order valence-corrected chi connectivity index (χ1v) is 3.72. The molecular formula is C8H8N2O4. The normalized spacial score (nSPS) is 9.79. The predicted octanol–water partition coefficient (Wildman–Crippen LogP) is 1.09. The number of nitro groups is 1. The summed E-state index contributed by atoms with van der Waals surface area (Å²) in [6.07, 6.45) is 0. The van der Waals surface area contributed by atoms with Crippen LogP contribution >= 0.6 is 0 Å². The van der Waals surface area contributed by atoms with Crippen molar-refractivity contribution in [2.75, 3.05) is 5.73 Å². The molecule has 0 aromatic heterocycles. The third-order valence-corrected chi connectivity index (χ3v) is 1.74. The molecule has 1 aromatic carbocycles. The molecular weight excluding hydrogens is 188 g/mol. The molecule has 0 atom stereocenters. The summed E-state index contributed by atoms with van der Waals surface area (Å²) < 4.78 is 0. The van der Waals surface area contributed by atoms with Crippen LogP contribution in [0.25, 0.3) is 0 Å². The second-order valence-corrected chi connectivity index (χ2v) is 2.71. The smallest absolute Gasteiger partial charge is 0.334 e. The quantitative estimate of drug-likeness (QED) is 0.318. The Morgan fingerprint density at radius 1 is 1.57 bits per heavy atom. The summed E-state index contributed by atoms with van der Waals surface area (Å²) in [5, 5.41) is 19.8. The number of anilines is 1. The minimum atomic E-state index is -0.822. The first kappa shape index (κ1) is 9.97. The summed E-state index contributed by atoms with van der Waals surface area (Å²) in [7, 11) is 0. The van der Waals surface area contributed by atoms with Gasteiger partial charge in [-0.25, -0.2) is 0 Å². The van der Waals surface area contributed by atoms with E-state index in [0.29, 0.717) is 0 Å². The van der Waals surface area contributed by atoms with Gasteiger partial charge in [0.15, 0.2) is 5.78 Å². The van der Waals surface area contributed by atoms with Gasteiger partial charge in [-0.3, -0.25) is 14.9 Å². The fraction of sp³-hybridized carbons (Fsp3) is 0.125. The van der Waals surface area contributed by atoms with Gasteiger partial charge in [-0.2, -0.15) is 0 Å². The number of nitrogens with zero attached hydrogens (tertiary/aromatic N) is 1. The molecule has 74 valence electrons. The Bertz CT molecular complexity index is 414. The highest BCUT2D eigenvalue weighted by Crippen LogP contribution is 2.35. The summed E-state index contributed by atoms with van der Waals surface area (Å²) in [6, 6.07) is 2.47. The summed E-state index contributed by atoms with van der Waals surface area (Å²) in [6.45, 7) is 1.20. The largest absolute Gasteiger partial charge is 0.502 e. The van der Waals surface area contributed by atoms with Gasteiger partial charge < -0.3 is 10.8 Å². The zero-order chi connectivity index (χ0) is 10.9. The number of phenols is 1. The van der Waals surface area contributed by atoms with Crippen LogP contribution in [0.5, 0.6) is 5.75 Å². The van der Waals surface area contributed by atoms with Crippen LogP contribution in [0.2, 0.25) is 0 Å². The van der Waals surface area contributed by atoms with Gasteiger partial charge in [-0.15, -0.1) is 0 Å². The molecule has 0 aliphatic rings. The molecule has 0 aliphatic heterocycles. The Morgan fingerprint density at radius 2 is 2.14 bits per heavy atom. The van der Waals surface area contributed by atoms with Crippen molar-refractivity contribution in [3.8, 4) is 5.75 Å². The average molecular weight is 196 g/mol. The highest BCUT2D eigenvalue weighted by atomic mass is 16.6. The number of nitrogen functional groups attached to an aromatic ring is 1. The third kappa shape index (κ3) is 1.49. The molecule has 0 heterocycles. The van der Waals surface area contributed by atoms with Gasteiger partial charge in [0.2, 0.25) is 5.75 Å². The predicted molar refractivity (Wildman–Crippen MR) is 49.2 cm³/mol. The summed E-state index contributed by atoms with van der Waals surface area (Å²) in [5.74, 6) is -1.13. The number of carbonyl (C=O) groups excluding carboxylic acids is 1. The minimum absolute atomic E-state index is 0.106. The Hall–Kier alpha value is -2.11. The third-order valence-electron chi connectivity index (χ3n) is 1.74. The number of carbonyl (C=O) groups is 1. The first-order valence-electron chi connectivity index (χ1n) is 3.72. The van der Waals surface area contributed by atoms with Gasteiger partial charge in [0.1, 0.15) is 5.69 Å². The van der Waals surface area contributed by atoms with Crippen molar-refractivity contribution in [3.63, 3.8) is 0 Å². The highest BCUT2D eigenvalue weighted by molar-refractivity contribution is 5.99. The Labute approximate surface area is 79.1 Å². The Kier molecular flexibility index (Phi) is 2.37. The van der Waals surface area contributed by atoms with Crippen LogP contribution in [-0.2, 0) is 0 Å². The van der Waals surface area contributed by atoms with Crippen molar-refractivity contribution in [3.05, 3.63) is 27.8 Å². The van der Waals surface area contributed by atoms with Crippen LogP contribution in [0, 0.1) is 10.1 Å². The standard InChI is InChI=1S/C8H8N2O4/c1-4(11)5-2-3-6(9)7(8(5)12)10(13)14/h2-3,12H,9H2,1H3. The van der Waals surface area contributed by atoms with E-state index in [1.54, 1.807) is 0 Å². The van der Waals surface area contributed by atoms with Crippen LogP contribution < -0.4 is 5.73 Å². The van der Waals surface area contributed by atoms with Crippen LogP contribution in [-0.4, -0.2) is 15.8 Å². The number of nitro benzene ring substituents is 1. The van der Waals surface area contributed by atoms with E-state index < -0.39 is 22.1 Å².